The highest BCUT2D eigenvalue weighted by Gasteiger charge is 2.32. The van der Waals surface area contributed by atoms with Gasteiger partial charge in [0.1, 0.15) is 0 Å². The Morgan fingerprint density at radius 1 is 0.256 bits per heavy atom. The van der Waals surface area contributed by atoms with Crippen LogP contribution in [0.4, 0.5) is 0 Å². The molecule has 0 aromatic carbocycles. The molecule has 0 nitrogen and oxygen atoms in total. The van der Waals surface area contributed by atoms with Crippen LogP contribution in [-0.2, 0) is 0 Å². The highest BCUT2D eigenvalue weighted by Crippen LogP contribution is 2.42. The van der Waals surface area contributed by atoms with Crippen molar-refractivity contribution >= 4 is 0 Å². The molecule has 240 valence electrons. The molecule has 0 radical (unpaired) electrons. The van der Waals surface area contributed by atoms with Crippen molar-refractivity contribution in [2.75, 3.05) is 0 Å². The van der Waals surface area contributed by atoms with E-state index in [-0.39, 0.29) is 0 Å². The van der Waals surface area contributed by atoms with Crippen molar-refractivity contribution in [1.82, 2.24) is 0 Å². The number of hydrogen-bond acceptors (Lipinski definition) is 0. The molecule has 0 aromatic rings. The quantitative estimate of drug-likeness (QED) is 0.307. The van der Waals surface area contributed by atoms with E-state index in [1.165, 1.54) is 57.8 Å². The van der Waals surface area contributed by atoms with Gasteiger partial charge in [0.15, 0.2) is 0 Å². The summed E-state index contributed by atoms with van der Waals surface area (Å²) in [7, 11) is 0. The maximum absolute atomic E-state index is 2.38. The second-order valence-corrected chi connectivity index (χ2v) is 14.5. The average Bonchev–Trinajstić information content (AvgIpc) is 3.39. The van der Waals surface area contributed by atoms with Gasteiger partial charge < -0.3 is 0 Å². The first-order chi connectivity index (χ1) is 18.3. The van der Waals surface area contributed by atoms with E-state index >= 15 is 0 Å². The molecule has 0 amide bonds. The van der Waals surface area contributed by atoms with Crippen molar-refractivity contribution in [3.05, 3.63) is 0 Å². The number of rotatable bonds is 6. The molecule has 0 aliphatic heterocycles. The fraction of sp³-hybridized carbons (Fsp3) is 1.00. The molecule has 0 spiro atoms. The summed E-state index contributed by atoms with van der Waals surface area (Å²) in [4.78, 5) is 0. The molecule has 3 fully saturated rings. The highest BCUT2D eigenvalue weighted by molar-refractivity contribution is 4.83. The summed E-state index contributed by atoms with van der Waals surface area (Å²) in [5, 5.41) is 0. The Kier molecular flexibility index (Phi) is 28.6. The maximum Gasteiger partial charge on any atom is -0.0386 e. The zero-order valence-corrected chi connectivity index (χ0v) is 31.3. The molecule has 3 aliphatic carbocycles. The molecule has 0 bridgehead atoms. The monoisotopic (exact) mass is 553 g/mol. The summed E-state index contributed by atoms with van der Waals surface area (Å²) in [6.45, 7) is 40.4. The van der Waals surface area contributed by atoms with E-state index in [4.69, 9.17) is 0 Å². The van der Waals surface area contributed by atoms with E-state index in [0.29, 0.717) is 0 Å². The summed E-state index contributed by atoms with van der Waals surface area (Å²) in [6, 6.07) is 0. The minimum absolute atomic E-state index is 0.915. The van der Waals surface area contributed by atoms with Crippen LogP contribution in [0.25, 0.3) is 0 Å². The normalized spacial score (nSPS) is 27.7. The third kappa shape index (κ3) is 18.9. The van der Waals surface area contributed by atoms with Gasteiger partial charge in [-0.25, -0.2) is 0 Å². The predicted molar refractivity (Wildman–Crippen MR) is 186 cm³/mol. The lowest BCUT2D eigenvalue weighted by Crippen LogP contribution is -2.30. The lowest BCUT2D eigenvalue weighted by Gasteiger charge is -2.40. The van der Waals surface area contributed by atoms with Gasteiger partial charge in [0.2, 0.25) is 0 Å². The second kappa shape index (κ2) is 25.7. The van der Waals surface area contributed by atoms with Crippen LogP contribution in [0, 0.1) is 71.0 Å². The Labute approximate surface area is 253 Å². The smallest absolute Gasteiger partial charge is 0.0386 e. The average molecular weight is 553 g/mol. The molecular weight excluding hydrogens is 468 g/mol. The van der Waals surface area contributed by atoms with Crippen LogP contribution in [0.5, 0.6) is 0 Å². The van der Waals surface area contributed by atoms with Crippen LogP contribution in [0.15, 0.2) is 0 Å². The molecule has 2 unspecified atom stereocenters. The van der Waals surface area contributed by atoms with E-state index in [9.17, 15) is 0 Å². The van der Waals surface area contributed by atoms with Gasteiger partial charge in [-0.15, -0.1) is 0 Å². The van der Waals surface area contributed by atoms with E-state index in [1.54, 1.807) is 0 Å². The molecular formula is C39H84. The zero-order valence-electron chi connectivity index (χ0n) is 31.3. The molecule has 0 heteroatoms. The zero-order chi connectivity index (χ0) is 31.3. The molecule has 0 N–H and O–H groups in total. The fourth-order valence-corrected chi connectivity index (χ4v) is 6.54. The SMILES string of the molecule is CC.CC.CC.CC(C)C1CC(C(C)C)C1.CC(C)C1CCC(C(C)C)C1.CC(C)C1CCC(C(C)C)CC1. The van der Waals surface area contributed by atoms with Crippen LogP contribution < -0.4 is 0 Å². The van der Waals surface area contributed by atoms with Crippen LogP contribution in [0.1, 0.15) is 182 Å². The van der Waals surface area contributed by atoms with Gasteiger partial charge in [0.05, 0.1) is 0 Å². The van der Waals surface area contributed by atoms with Gasteiger partial charge in [-0.3, -0.25) is 0 Å². The fourth-order valence-electron chi connectivity index (χ4n) is 6.54. The summed E-state index contributed by atoms with van der Waals surface area (Å²) < 4.78 is 0. The first kappa shape index (κ1) is 43.5. The van der Waals surface area contributed by atoms with Crippen molar-refractivity contribution in [1.29, 1.82) is 0 Å². The molecule has 0 heterocycles. The minimum atomic E-state index is 0.915. The topological polar surface area (TPSA) is 0 Å². The molecule has 0 aromatic heterocycles. The van der Waals surface area contributed by atoms with Gasteiger partial charge >= 0.3 is 0 Å². The molecule has 0 saturated heterocycles. The summed E-state index contributed by atoms with van der Waals surface area (Å²) >= 11 is 0. The predicted octanol–water partition coefficient (Wildman–Crippen LogP) is 14.2. The molecule has 2 atom stereocenters. The largest absolute Gasteiger partial charge is 0.0683 e. The van der Waals surface area contributed by atoms with Gasteiger partial charge in [0, 0.05) is 0 Å². The van der Waals surface area contributed by atoms with Crippen molar-refractivity contribution in [2.24, 2.45) is 71.0 Å². The van der Waals surface area contributed by atoms with Gasteiger partial charge in [-0.2, -0.15) is 0 Å². The lowest BCUT2D eigenvalue weighted by atomic mass is 9.65. The third-order valence-corrected chi connectivity index (χ3v) is 10.2. The summed E-state index contributed by atoms with van der Waals surface area (Å²) in [5.41, 5.74) is 0. The first-order valence-corrected chi connectivity index (χ1v) is 18.3. The summed E-state index contributed by atoms with van der Waals surface area (Å²) in [5.74, 6) is 11.7. The van der Waals surface area contributed by atoms with Crippen molar-refractivity contribution in [3.63, 3.8) is 0 Å². The standard InChI is InChI=1S/C12H24.C11H22.C10H20.3C2H6/c1-9(2)11-5-7-12(8-6-11)10(3)4;1-8(2)10-5-6-11(7-10)9(3)4;1-7(2)9-5-10(6-9)8(3)4;3*1-2/h9-12H,5-8H2,1-4H3;8-11H,5-7H2,1-4H3;7-10H,5-6H2,1-4H3;3*1-2H3. The maximum atomic E-state index is 2.38. The molecule has 3 aliphatic rings. The Morgan fingerprint density at radius 2 is 0.410 bits per heavy atom. The van der Waals surface area contributed by atoms with Gasteiger partial charge in [-0.05, 0) is 129 Å². The van der Waals surface area contributed by atoms with Crippen molar-refractivity contribution in [3.8, 4) is 0 Å². The van der Waals surface area contributed by atoms with Gasteiger partial charge in [-0.1, -0.05) is 125 Å². The van der Waals surface area contributed by atoms with Crippen LogP contribution in [-0.4, -0.2) is 0 Å². The summed E-state index contributed by atoms with van der Waals surface area (Å²) in [6.07, 6.45) is 13.4. The third-order valence-electron chi connectivity index (χ3n) is 10.2. The second-order valence-electron chi connectivity index (χ2n) is 14.5. The van der Waals surface area contributed by atoms with Crippen molar-refractivity contribution in [2.45, 2.75) is 182 Å². The Morgan fingerprint density at radius 3 is 0.564 bits per heavy atom. The molecule has 3 rings (SSSR count). The Balaban J connectivity index is -0.000000455. The van der Waals surface area contributed by atoms with Crippen LogP contribution in [0.2, 0.25) is 0 Å². The molecule has 39 heavy (non-hydrogen) atoms. The Bertz CT molecular complexity index is 426. The lowest BCUT2D eigenvalue weighted by molar-refractivity contribution is 0.102. The van der Waals surface area contributed by atoms with Crippen molar-refractivity contribution < 1.29 is 0 Å². The van der Waals surface area contributed by atoms with Gasteiger partial charge in [0.25, 0.3) is 0 Å². The minimum Gasteiger partial charge on any atom is -0.0683 e. The Hall–Kier alpha value is 0. The van der Waals surface area contributed by atoms with E-state index in [2.05, 4.69) is 83.1 Å². The van der Waals surface area contributed by atoms with E-state index < -0.39 is 0 Å². The number of hydrogen-bond donors (Lipinski definition) is 0. The van der Waals surface area contributed by atoms with E-state index in [1.807, 2.05) is 41.5 Å². The highest BCUT2D eigenvalue weighted by atomic mass is 14.4. The van der Waals surface area contributed by atoms with Crippen LogP contribution in [0.3, 0.4) is 0 Å². The first-order valence-electron chi connectivity index (χ1n) is 18.3. The molecule has 3 saturated carbocycles. The van der Waals surface area contributed by atoms with Crippen LogP contribution >= 0.6 is 0 Å². The van der Waals surface area contributed by atoms with E-state index in [0.717, 1.165) is 71.0 Å².